The van der Waals surface area contributed by atoms with Crippen LogP contribution in [0.4, 0.5) is 0 Å². The van der Waals surface area contributed by atoms with Crippen LogP contribution in [-0.2, 0) is 4.74 Å². The predicted molar refractivity (Wildman–Crippen MR) is 48.3 cm³/mol. The zero-order valence-electron chi connectivity index (χ0n) is 6.86. The maximum absolute atomic E-state index is 5.42. The molecule has 0 aliphatic carbocycles. The molecule has 0 heterocycles. The van der Waals surface area contributed by atoms with Gasteiger partial charge in [0.25, 0.3) is 0 Å². The van der Waals surface area contributed by atoms with Crippen molar-refractivity contribution >= 4 is 15.9 Å². The van der Waals surface area contributed by atoms with Crippen LogP contribution < -0.4 is 0 Å². The van der Waals surface area contributed by atoms with Gasteiger partial charge in [-0.2, -0.15) is 0 Å². The number of rotatable bonds is 4. The van der Waals surface area contributed by atoms with Gasteiger partial charge in [0.1, 0.15) is 0 Å². The molecule has 1 atom stereocenters. The minimum Gasteiger partial charge on any atom is -0.373 e. The Morgan fingerprint density at radius 1 is 1.50 bits per heavy atom. The summed E-state index contributed by atoms with van der Waals surface area (Å²) in [7, 11) is 0. The molecule has 0 aromatic rings. The summed E-state index contributed by atoms with van der Waals surface area (Å²) in [5.74, 6) is 0.576. The first-order chi connectivity index (χ1) is 4.54. The highest BCUT2D eigenvalue weighted by molar-refractivity contribution is 9.11. The fourth-order valence-electron chi connectivity index (χ4n) is 0.414. The molecule has 0 radical (unpaired) electrons. The van der Waals surface area contributed by atoms with Gasteiger partial charge in [-0.1, -0.05) is 36.4 Å². The molecule has 1 unspecified atom stereocenters. The molecule has 0 rings (SSSR count). The summed E-state index contributed by atoms with van der Waals surface area (Å²) in [5, 5.41) is 0. The normalized spacial score (nSPS) is 13.7. The average molecular weight is 207 g/mol. The van der Waals surface area contributed by atoms with E-state index in [1.54, 1.807) is 0 Å². The number of hydrogen-bond acceptors (Lipinski definition) is 1. The van der Waals surface area contributed by atoms with Gasteiger partial charge in [-0.25, -0.2) is 0 Å². The fourth-order valence-corrected chi connectivity index (χ4v) is 0.546. The van der Waals surface area contributed by atoms with Crippen LogP contribution in [0.1, 0.15) is 20.8 Å². The zero-order chi connectivity index (χ0) is 8.15. The molecule has 1 nitrogen and oxygen atoms in total. The van der Waals surface area contributed by atoms with Crippen LogP contribution in [0.5, 0.6) is 0 Å². The van der Waals surface area contributed by atoms with Crippen molar-refractivity contribution in [2.24, 2.45) is 5.92 Å². The van der Waals surface area contributed by atoms with Crippen molar-refractivity contribution in [1.29, 1.82) is 0 Å². The van der Waals surface area contributed by atoms with E-state index in [1.807, 2.05) is 0 Å². The summed E-state index contributed by atoms with van der Waals surface area (Å²) in [6.45, 7) is 10.6. The molecule has 0 bridgehead atoms. The largest absolute Gasteiger partial charge is 0.373 e. The molecule has 10 heavy (non-hydrogen) atoms. The first-order valence-electron chi connectivity index (χ1n) is 3.49. The molecule has 0 aliphatic heterocycles. The molecule has 60 valence electrons. The van der Waals surface area contributed by atoms with E-state index in [9.17, 15) is 0 Å². The highest BCUT2D eigenvalue weighted by atomic mass is 79.9. The lowest BCUT2D eigenvalue weighted by Gasteiger charge is -2.15. The van der Waals surface area contributed by atoms with Crippen molar-refractivity contribution in [3.8, 4) is 0 Å². The van der Waals surface area contributed by atoms with E-state index in [1.165, 1.54) is 0 Å². The molecular formula is C8H15BrO. The summed E-state index contributed by atoms with van der Waals surface area (Å²) in [6, 6.07) is 0. The minimum atomic E-state index is 0.314. The van der Waals surface area contributed by atoms with Gasteiger partial charge < -0.3 is 4.74 Å². The van der Waals surface area contributed by atoms with Crippen LogP contribution in [0, 0.1) is 5.92 Å². The lowest BCUT2D eigenvalue weighted by atomic mass is 10.1. The lowest BCUT2D eigenvalue weighted by molar-refractivity contribution is 0.0537. The Morgan fingerprint density at radius 3 is 2.30 bits per heavy atom. The van der Waals surface area contributed by atoms with Gasteiger partial charge in [0.2, 0.25) is 0 Å². The molecule has 0 spiro atoms. The molecular weight excluding hydrogens is 192 g/mol. The summed E-state index contributed by atoms with van der Waals surface area (Å²) in [5.41, 5.74) is 0. The fraction of sp³-hybridized carbons (Fsp3) is 0.750. The van der Waals surface area contributed by atoms with Crippen molar-refractivity contribution in [3.05, 3.63) is 11.1 Å². The first kappa shape index (κ1) is 10.2. The molecule has 0 amide bonds. The van der Waals surface area contributed by atoms with Crippen molar-refractivity contribution < 1.29 is 4.74 Å². The Labute approximate surface area is 71.6 Å². The molecule has 0 N–H and O–H groups in total. The molecule has 0 aromatic carbocycles. The van der Waals surface area contributed by atoms with Crippen LogP contribution in [0.25, 0.3) is 0 Å². The predicted octanol–water partition coefficient (Wildman–Crippen LogP) is 2.96. The summed E-state index contributed by atoms with van der Waals surface area (Å²) >= 11 is 3.23. The van der Waals surface area contributed by atoms with E-state index < -0.39 is 0 Å². The molecule has 0 saturated heterocycles. The standard InChI is InChI=1S/C8H15BrO/c1-6(2)8(4)10-5-7(3)9/h6,8H,3,5H2,1-2,4H3. The van der Waals surface area contributed by atoms with Crippen molar-refractivity contribution in [1.82, 2.24) is 0 Å². The number of hydrogen-bond donors (Lipinski definition) is 0. The molecule has 2 heteroatoms. The Balaban J connectivity index is 3.39. The topological polar surface area (TPSA) is 9.23 Å². The van der Waals surface area contributed by atoms with Gasteiger partial charge in [0, 0.05) is 4.48 Å². The van der Waals surface area contributed by atoms with Crippen LogP contribution >= 0.6 is 15.9 Å². The third-order valence-electron chi connectivity index (χ3n) is 1.44. The molecule has 0 aromatic heterocycles. The van der Waals surface area contributed by atoms with E-state index >= 15 is 0 Å². The van der Waals surface area contributed by atoms with E-state index in [0.29, 0.717) is 18.6 Å². The third-order valence-corrected chi connectivity index (χ3v) is 1.67. The summed E-state index contributed by atoms with van der Waals surface area (Å²) in [6.07, 6.45) is 0.314. The van der Waals surface area contributed by atoms with Gasteiger partial charge in [-0.05, 0) is 12.8 Å². The average Bonchev–Trinajstić information content (AvgIpc) is 1.82. The lowest BCUT2D eigenvalue weighted by Crippen LogP contribution is -2.15. The highest BCUT2D eigenvalue weighted by Crippen LogP contribution is 2.08. The maximum Gasteiger partial charge on any atom is 0.0779 e. The Kier molecular flexibility index (Phi) is 5.00. The maximum atomic E-state index is 5.42. The van der Waals surface area contributed by atoms with Crippen molar-refractivity contribution in [2.75, 3.05) is 6.61 Å². The van der Waals surface area contributed by atoms with Gasteiger partial charge >= 0.3 is 0 Å². The Morgan fingerprint density at radius 2 is 2.00 bits per heavy atom. The van der Waals surface area contributed by atoms with Crippen molar-refractivity contribution in [2.45, 2.75) is 26.9 Å². The van der Waals surface area contributed by atoms with Crippen LogP contribution in [0.15, 0.2) is 11.1 Å². The van der Waals surface area contributed by atoms with Crippen molar-refractivity contribution in [3.63, 3.8) is 0 Å². The van der Waals surface area contributed by atoms with Crippen LogP contribution in [-0.4, -0.2) is 12.7 Å². The Hall–Kier alpha value is 0.180. The third kappa shape index (κ3) is 5.00. The number of halogens is 1. The summed E-state index contributed by atoms with van der Waals surface area (Å²) in [4.78, 5) is 0. The Bertz CT molecular complexity index is 110. The molecule has 0 fully saturated rings. The van der Waals surface area contributed by atoms with E-state index in [4.69, 9.17) is 4.74 Å². The SMILES string of the molecule is C=C(Br)COC(C)C(C)C. The second kappa shape index (κ2) is 4.91. The van der Waals surface area contributed by atoms with E-state index in [0.717, 1.165) is 4.48 Å². The van der Waals surface area contributed by atoms with Crippen LogP contribution in [0.3, 0.4) is 0 Å². The van der Waals surface area contributed by atoms with E-state index in [-0.39, 0.29) is 0 Å². The smallest absolute Gasteiger partial charge is 0.0779 e. The monoisotopic (exact) mass is 206 g/mol. The van der Waals surface area contributed by atoms with Gasteiger partial charge in [-0.3, -0.25) is 0 Å². The first-order valence-corrected chi connectivity index (χ1v) is 4.28. The molecule has 0 saturated carbocycles. The second-order valence-electron chi connectivity index (χ2n) is 2.78. The van der Waals surface area contributed by atoms with E-state index in [2.05, 4.69) is 43.3 Å². The van der Waals surface area contributed by atoms with Crippen LogP contribution in [0.2, 0.25) is 0 Å². The number of ether oxygens (including phenoxy) is 1. The van der Waals surface area contributed by atoms with Gasteiger partial charge in [-0.15, -0.1) is 0 Å². The minimum absolute atomic E-state index is 0.314. The summed E-state index contributed by atoms with van der Waals surface area (Å²) < 4.78 is 6.32. The zero-order valence-corrected chi connectivity index (χ0v) is 8.44. The van der Waals surface area contributed by atoms with Gasteiger partial charge in [0.15, 0.2) is 0 Å². The second-order valence-corrected chi connectivity index (χ2v) is 3.90. The van der Waals surface area contributed by atoms with Gasteiger partial charge in [0.05, 0.1) is 12.7 Å². The highest BCUT2D eigenvalue weighted by Gasteiger charge is 2.06. The molecule has 0 aliphatic rings. The quantitative estimate of drug-likeness (QED) is 0.688.